The molecule has 114 valence electrons. The minimum Gasteiger partial charge on any atom is -0.326 e. The zero-order valence-corrected chi connectivity index (χ0v) is 13.0. The third-order valence-corrected chi connectivity index (χ3v) is 4.91. The van der Waals surface area contributed by atoms with Crippen molar-refractivity contribution >= 4 is 21.6 Å². The Balaban J connectivity index is 2.38. The molecule has 2 aromatic rings. The third-order valence-electron chi connectivity index (χ3n) is 3.02. The van der Waals surface area contributed by atoms with E-state index in [1.807, 2.05) is 0 Å². The van der Waals surface area contributed by atoms with Gasteiger partial charge in [0.25, 0.3) is 0 Å². The number of nitrogens with two attached hydrogens (primary N) is 1. The summed E-state index contributed by atoms with van der Waals surface area (Å²) in [6, 6.07) is 2.41. The highest BCUT2D eigenvalue weighted by Crippen LogP contribution is 2.25. The van der Waals surface area contributed by atoms with Crippen LogP contribution in [0.5, 0.6) is 0 Å². The van der Waals surface area contributed by atoms with Crippen LogP contribution in [0.1, 0.15) is 29.9 Å². The van der Waals surface area contributed by atoms with Crippen molar-refractivity contribution in [1.82, 2.24) is 25.3 Å². The second-order valence-corrected chi connectivity index (χ2v) is 6.62. The monoisotopic (exact) mass is 330 g/mol. The molecule has 0 aliphatic heterocycles. The van der Waals surface area contributed by atoms with E-state index in [-0.39, 0.29) is 17.3 Å². The second-order valence-electron chi connectivity index (χ2n) is 4.51. The molecule has 0 fully saturated rings. The zero-order chi connectivity index (χ0) is 15.6. The van der Waals surface area contributed by atoms with Crippen molar-refractivity contribution in [3.63, 3.8) is 0 Å². The molecule has 4 N–H and O–H groups in total. The lowest BCUT2D eigenvalue weighted by molar-refractivity contribution is 0.559. The van der Waals surface area contributed by atoms with Crippen molar-refractivity contribution in [1.29, 1.82) is 0 Å². The molecule has 0 spiro atoms. The fraction of sp³-hybridized carbons (Fsp3) is 0.364. The number of tetrazole rings is 1. The van der Waals surface area contributed by atoms with Crippen molar-refractivity contribution in [3.05, 3.63) is 34.1 Å². The molecule has 10 heteroatoms. The van der Waals surface area contributed by atoms with Crippen LogP contribution in [0.3, 0.4) is 0 Å². The summed E-state index contributed by atoms with van der Waals surface area (Å²) < 4.78 is 27.4. The van der Waals surface area contributed by atoms with Gasteiger partial charge in [0.2, 0.25) is 10.0 Å². The molecule has 1 unspecified atom stereocenters. The molecular weight excluding hydrogens is 316 g/mol. The molecule has 1 atom stereocenters. The number of hydrogen-bond donors (Lipinski definition) is 3. The maximum atomic E-state index is 12.5. The molecule has 0 saturated heterocycles. The number of aromatic nitrogens is 4. The summed E-state index contributed by atoms with van der Waals surface area (Å²) in [6.45, 7) is 3.51. The minimum absolute atomic E-state index is 0.0887. The van der Waals surface area contributed by atoms with E-state index in [2.05, 4.69) is 25.3 Å². The van der Waals surface area contributed by atoms with E-state index in [0.29, 0.717) is 16.1 Å². The van der Waals surface area contributed by atoms with Crippen molar-refractivity contribution in [2.45, 2.75) is 31.3 Å². The molecule has 0 amide bonds. The van der Waals surface area contributed by atoms with Crippen LogP contribution in [0.25, 0.3) is 0 Å². The second kappa shape index (κ2) is 6.06. The van der Waals surface area contributed by atoms with Crippen molar-refractivity contribution in [2.24, 2.45) is 5.73 Å². The number of aromatic amines is 1. The summed E-state index contributed by atoms with van der Waals surface area (Å²) in [5.74, 6) is 0.248. The highest BCUT2D eigenvalue weighted by Gasteiger charge is 2.23. The summed E-state index contributed by atoms with van der Waals surface area (Å²) in [5.41, 5.74) is 6.84. The van der Waals surface area contributed by atoms with Crippen LogP contribution in [0.4, 0.5) is 0 Å². The van der Waals surface area contributed by atoms with Crippen LogP contribution in [-0.2, 0) is 16.6 Å². The van der Waals surface area contributed by atoms with Gasteiger partial charge in [-0.1, -0.05) is 16.8 Å². The average Bonchev–Trinajstić information content (AvgIpc) is 2.94. The summed E-state index contributed by atoms with van der Waals surface area (Å²) in [5, 5.41) is 13.5. The molecule has 0 saturated carbocycles. The Hall–Kier alpha value is -1.55. The maximum absolute atomic E-state index is 12.5. The molecular formula is C11H15ClN6O2S. The third kappa shape index (κ3) is 3.38. The van der Waals surface area contributed by atoms with Crippen LogP contribution >= 0.6 is 11.6 Å². The Morgan fingerprint density at radius 1 is 1.48 bits per heavy atom. The van der Waals surface area contributed by atoms with Gasteiger partial charge in [-0.15, -0.1) is 10.2 Å². The highest BCUT2D eigenvalue weighted by atomic mass is 35.5. The lowest BCUT2D eigenvalue weighted by atomic mass is 10.1. The molecule has 0 bridgehead atoms. The molecule has 21 heavy (non-hydrogen) atoms. The first-order chi connectivity index (χ1) is 9.85. The normalized spacial score (nSPS) is 13.3. The van der Waals surface area contributed by atoms with E-state index in [1.165, 1.54) is 6.07 Å². The van der Waals surface area contributed by atoms with Crippen molar-refractivity contribution in [3.8, 4) is 0 Å². The summed E-state index contributed by atoms with van der Waals surface area (Å²) in [7, 11) is -3.78. The molecule has 1 aromatic carbocycles. The largest absolute Gasteiger partial charge is 0.326 e. The van der Waals surface area contributed by atoms with Gasteiger partial charge in [0.05, 0.1) is 10.9 Å². The highest BCUT2D eigenvalue weighted by molar-refractivity contribution is 7.89. The lowest BCUT2D eigenvalue weighted by Gasteiger charge is -2.15. The SMILES string of the molecule is Cc1c(CN)cc(Cl)cc1S(=O)(=O)NC(C)c1nn[nH]n1. The first-order valence-electron chi connectivity index (χ1n) is 6.10. The molecule has 1 heterocycles. The van der Waals surface area contributed by atoms with E-state index < -0.39 is 16.1 Å². The van der Waals surface area contributed by atoms with E-state index in [0.717, 1.165) is 0 Å². The number of sulfonamides is 1. The average molecular weight is 331 g/mol. The van der Waals surface area contributed by atoms with Gasteiger partial charge in [-0.25, -0.2) is 13.1 Å². The molecule has 0 radical (unpaired) electrons. The van der Waals surface area contributed by atoms with Gasteiger partial charge in [0, 0.05) is 11.6 Å². The van der Waals surface area contributed by atoms with Crippen LogP contribution < -0.4 is 10.5 Å². The first kappa shape index (κ1) is 15.8. The first-order valence-corrected chi connectivity index (χ1v) is 7.96. The number of rotatable bonds is 5. The summed E-state index contributed by atoms with van der Waals surface area (Å²) in [6.07, 6.45) is 0. The van der Waals surface area contributed by atoms with Crippen LogP contribution in [0.15, 0.2) is 17.0 Å². The van der Waals surface area contributed by atoms with Gasteiger partial charge in [-0.05, 0) is 37.1 Å². The Morgan fingerprint density at radius 2 is 2.19 bits per heavy atom. The van der Waals surface area contributed by atoms with Gasteiger partial charge < -0.3 is 5.73 Å². The summed E-state index contributed by atoms with van der Waals surface area (Å²) >= 11 is 5.96. The fourth-order valence-electron chi connectivity index (χ4n) is 1.90. The quantitative estimate of drug-likeness (QED) is 0.739. The smallest absolute Gasteiger partial charge is 0.241 e. The van der Waals surface area contributed by atoms with E-state index in [4.69, 9.17) is 17.3 Å². The van der Waals surface area contributed by atoms with Crippen LogP contribution in [0, 0.1) is 6.92 Å². The molecule has 8 nitrogen and oxygen atoms in total. The van der Waals surface area contributed by atoms with Gasteiger partial charge in [-0.3, -0.25) is 0 Å². The predicted molar refractivity (Wildman–Crippen MR) is 77.0 cm³/mol. The topological polar surface area (TPSA) is 127 Å². The lowest BCUT2D eigenvalue weighted by Crippen LogP contribution is -2.28. The molecule has 1 aromatic heterocycles. The van der Waals surface area contributed by atoms with Gasteiger partial charge in [0.15, 0.2) is 5.82 Å². The molecule has 2 rings (SSSR count). The molecule has 0 aliphatic carbocycles. The number of halogens is 1. The number of hydrogen-bond acceptors (Lipinski definition) is 6. The van der Waals surface area contributed by atoms with Crippen LogP contribution in [0.2, 0.25) is 5.02 Å². The Labute approximate surface area is 127 Å². The number of H-pyrrole nitrogens is 1. The molecule has 0 aliphatic rings. The number of benzene rings is 1. The Kier molecular flexibility index (Phi) is 4.57. The predicted octanol–water partition coefficient (Wildman–Crippen LogP) is 0.660. The standard InChI is InChI=1S/C11H15ClN6O2S/c1-6-8(5-13)3-9(12)4-10(6)21(19,20)16-7(2)11-14-17-18-15-11/h3-4,7,16H,5,13H2,1-2H3,(H,14,15,17,18). The van der Waals surface area contributed by atoms with Gasteiger partial charge in [-0.2, -0.15) is 5.21 Å². The number of nitrogens with one attached hydrogen (secondary N) is 2. The maximum Gasteiger partial charge on any atom is 0.241 e. The zero-order valence-electron chi connectivity index (χ0n) is 11.5. The van der Waals surface area contributed by atoms with Crippen molar-refractivity contribution < 1.29 is 8.42 Å². The van der Waals surface area contributed by atoms with E-state index in [1.54, 1.807) is 19.9 Å². The van der Waals surface area contributed by atoms with Gasteiger partial charge >= 0.3 is 0 Å². The van der Waals surface area contributed by atoms with E-state index in [9.17, 15) is 8.42 Å². The van der Waals surface area contributed by atoms with Crippen molar-refractivity contribution in [2.75, 3.05) is 0 Å². The van der Waals surface area contributed by atoms with Gasteiger partial charge in [0.1, 0.15) is 0 Å². The fourth-order valence-corrected chi connectivity index (χ4v) is 3.72. The Morgan fingerprint density at radius 3 is 2.76 bits per heavy atom. The number of nitrogens with zero attached hydrogens (tertiary/aromatic N) is 3. The van der Waals surface area contributed by atoms with E-state index >= 15 is 0 Å². The minimum atomic E-state index is -3.78. The Bertz CT molecular complexity index is 731. The summed E-state index contributed by atoms with van der Waals surface area (Å²) in [4.78, 5) is 0.0887. The van der Waals surface area contributed by atoms with Crippen LogP contribution in [-0.4, -0.2) is 29.0 Å².